The minimum Gasteiger partial charge on any atom is -0.494 e. The van der Waals surface area contributed by atoms with E-state index in [1.54, 1.807) is 13.4 Å². The van der Waals surface area contributed by atoms with Gasteiger partial charge in [0, 0.05) is 30.9 Å². The van der Waals surface area contributed by atoms with E-state index >= 15 is 0 Å². The third-order valence-electron chi connectivity index (χ3n) is 5.52. The highest BCUT2D eigenvalue weighted by Gasteiger charge is 2.25. The summed E-state index contributed by atoms with van der Waals surface area (Å²) in [6.45, 7) is 2.55. The van der Waals surface area contributed by atoms with Crippen molar-refractivity contribution >= 4 is 11.6 Å². The van der Waals surface area contributed by atoms with E-state index in [1.165, 1.54) is 12.1 Å². The molecule has 150 valence electrons. The van der Waals surface area contributed by atoms with Gasteiger partial charge in [0.25, 0.3) is 0 Å². The Labute approximate surface area is 169 Å². The Bertz CT molecular complexity index is 1010. The number of aryl methyl sites for hydroxylation is 1. The molecule has 5 nitrogen and oxygen atoms in total. The maximum absolute atomic E-state index is 13.2. The Morgan fingerprint density at radius 1 is 1.14 bits per heavy atom. The number of hydrogen-bond acceptors (Lipinski definition) is 3. The van der Waals surface area contributed by atoms with Gasteiger partial charge in [-0.25, -0.2) is 9.37 Å². The first-order valence-corrected chi connectivity index (χ1v) is 9.80. The highest BCUT2D eigenvalue weighted by molar-refractivity contribution is 5.94. The standard InChI is InChI=1S/C23H24FN3O2/c1-16-14-26(15-25-16)21-9-8-20(13-22(21)29-2)27-12-11-18(5-10-23(27)28)17-3-6-19(24)7-4-17/h3-4,6-9,13-15,18H,5,10-12H2,1-2H3. The first kappa shape index (κ1) is 19.2. The average Bonchev–Trinajstić information content (AvgIpc) is 3.07. The SMILES string of the molecule is COc1cc(N2CCC(c3ccc(F)cc3)CCC2=O)ccc1-n1cnc(C)c1. The van der Waals surface area contributed by atoms with E-state index < -0.39 is 0 Å². The van der Waals surface area contributed by atoms with Gasteiger partial charge in [0.05, 0.1) is 24.8 Å². The first-order valence-electron chi connectivity index (χ1n) is 9.80. The highest BCUT2D eigenvalue weighted by Crippen LogP contribution is 2.33. The zero-order valence-corrected chi connectivity index (χ0v) is 16.6. The van der Waals surface area contributed by atoms with Crippen LogP contribution >= 0.6 is 0 Å². The molecule has 1 atom stereocenters. The lowest BCUT2D eigenvalue weighted by Gasteiger charge is -2.22. The molecule has 1 saturated heterocycles. The van der Waals surface area contributed by atoms with E-state index in [0.29, 0.717) is 18.7 Å². The number of aromatic nitrogens is 2. The molecule has 3 aromatic rings. The fourth-order valence-electron chi connectivity index (χ4n) is 3.93. The van der Waals surface area contributed by atoms with Crippen LogP contribution in [0.25, 0.3) is 5.69 Å². The monoisotopic (exact) mass is 393 g/mol. The van der Waals surface area contributed by atoms with Gasteiger partial charge in [0.1, 0.15) is 11.6 Å². The van der Waals surface area contributed by atoms with Crippen molar-refractivity contribution in [2.24, 2.45) is 0 Å². The lowest BCUT2D eigenvalue weighted by molar-refractivity contribution is -0.118. The molecule has 1 aliphatic rings. The molecule has 0 bridgehead atoms. The number of methoxy groups -OCH3 is 1. The number of imidazole rings is 1. The third-order valence-corrected chi connectivity index (χ3v) is 5.52. The molecule has 0 saturated carbocycles. The number of anilines is 1. The number of amides is 1. The third kappa shape index (κ3) is 4.01. The van der Waals surface area contributed by atoms with Gasteiger partial charge in [-0.2, -0.15) is 0 Å². The molecule has 0 N–H and O–H groups in total. The molecule has 0 spiro atoms. The zero-order valence-electron chi connectivity index (χ0n) is 16.6. The fraction of sp³-hybridized carbons (Fsp3) is 0.304. The van der Waals surface area contributed by atoms with Gasteiger partial charge in [0.15, 0.2) is 0 Å². The van der Waals surface area contributed by atoms with Gasteiger partial charge in [-0.1, -0.05) is 12.1 Å². The van der Waals surface area contributed by atoms with Crippen LogP contribution < -0.4 is 9.64 Å². The Hall–Kier alpha value is -3.15. The molecular formula is C23H24FN3O2. The van der Waals surface area contributed by atoms with Crippen molar-refractivity contribution in [1.82, 2.24) is 9.55 Å². The summed E-state index contributed by atoms with van der Waals surface area (Å²) in [7, 11) is 1.63. The van der Waals surface area contributed by atoms with Gasteiger partial charge in [-0.05, 0) is 55.5 Å². The van der Waals surface area contributed by atoms with Crippen molar-refractivity contribution < 1.29 is 13.9 Å². The Balaban J connectivity index is 1.57. The summed E-state index contributed by atoms with van der Waals surface area (Å²) < 4.78 is 20.7. The lowest BCUT2D eigenvalue weighted by Crippen LogP contribution is -2.30. The summed E-state index contributed by atoms with van der Waals surface area (Å²) in [4.78, 5) is 18.9. The van der Waals surface area contributed by atoms with Gasteiger partial charge >= 0.3 is 0 Å². The summed E-state index contributed by atoms with van der Waals surface area (Å²) in [6, 6.07) is 12.4. The number of hydrogen-bond donors (Lipinski definition) is 0. The number of rotatable bonds is 4. The first-order chi connectivity index (χ1) is 14.0. The molecule has 6 heteroatoms. The van der Waals surface area contributed by atoms with Crippen molar-refractivity contribution in [3.63, 3.8) is 0 Å². The van der Waals surface area contributed by atoms with Crippen LogP contribution in [0.15, 0.2) is 55.0 Å². The molecule has 1 aromatic heterocycles. The number of nitrogens with zero attached hydrogens (tertiary/aromatic N) is 3. The number of benzene rings is 2. The van der Waals surface area contributed by atoms with Crippen LogP contribution in [-0.2, 0) is 4.79 Å². The van der Waals surface area contributed by atoms with Crippen LogP contribution in [-0.4, -0.2) is 29.1 Å². The summed E-state index contributed by atoms with van der Waals surface area (Å²) >= 11 is 0. The van der Waals surface area contributed by atoms with Crippen LogP contribution in [0.2, 0.25) is 0 Å². The Morgan fingerprint density at radius 2 is 1.93 bits per heavy atom. The predicted octanol–water partition coefficient (Wildman–Crippen LogP) is 4.63. The van der Waals surface area contributed by atoms with E-state index in [4.69, 9.17) is 4.74 Å². The van der Waals surface area contributed by atoms with E-state index in [-0.39, 0.29) is 17.6 Å². The maximum Gasteiger partial charge on any atom is 0.227 e. The van der Waals surface area contributed by atoms with Crippen molar-refractivity contribution in [3.05, 3.63) is 72.1 Å². The maximum atomic E-state index is 13.2. The molecule has 1 unspecified atom stereocenters. The number of halogens is 1. The van der Waals surface area contributed by atoms with Crippen LogP contribution in [0.4, 0.5) is 10.1 Å². The van der Waals surface area contributed by atoms with Crippen molar-refractivity contribution in [1.29, 1.82) is 0 Å². The molecule has 4 rings (SSSR count). The van der Waals surface area contributed by atoms with Crippen LogP contribution in [0.5, 0.6) is 5.75 Å². The molecule has 1 fully saturated rings. The predicted molar refractivity (Wildman–Crippen MR) is 110 cm³/mol. The van der Waals surface area contributed by atoms with Gasteiger partial charge in [-0.3, -0.25) is 4.79 Å². The topological polar surface area (TPSA) is 47.4 Å². The van der Waals surface area contributed by atoms with E-state index in [0.717, 1.165) is 35.5 Å². The molecular weight excluding hydrogens is 369 g/mol. The Morgan fingerprint density at radius 3 is 2.62 bits per heavy atom. The van der Waals surface area contributed by atoms with E-state index in [2.05, 4.69) is 4.98 Å². The second kappa shape index (κ2) is 8.07. The lowest BCUT2D eigenvalue weighted by atomic mass is 9.92. The molecule has 0 radical (unpaired) electrons. The molecule has 0 aliphatic carbocycles. The smallest absolute Gasteiger partial charge is 0.227 e. The van der Waals surface area contributed by atoms with Crippen LogP contribution in [0.3, 0.4) is 0 Å². The molecule has 1 aliphatic heterocycles. The fourth-order valence-corrected chi connectivity index (χ4v) is 3.93. The number of carbonyl (C=O) groups is 1. The summed E-state index contributed by atoms with van der Waals surface area (Å²) in [5.41, 5.74) is 3.71. The van der Waals surface area contributed by atoms with E-state index in [1.807, 2.05) is 52.9 Å². The molecule has 2 aromatic carbocycles. The number of ether oxygens (including phenoxy) is 1. The molecule has 1 amide bonds. The highest BCUT2D eigenvalue weighted by atomic mass is 19.1. The van der Waals surface area contributed by atoms with Crippen molar-refractivity contribution in [2.45, 2.75) is 32.1 Å². The minimum atomic E-state index is -0.236. The second-order valence-corrected chi connectivity index (χ2v) is 7.40. The summed E-state index contributed by atoms with van der Waals surface area (Å²) in [6.07, 6.45) is 5.75. The largest absolute Gasteiger partial charge is 0.494 e. The van der Waals surface area contributed by atoms with Gasteiger partial charge in [0.2, 0.25) is 5.91 Å². The van der Waals surface area contributed by atoms with Gasteiger partial charge < -0.3 is 14.2 Å². The normalized spacial score (nSPS) is 17.3. The molecule has 29 heavy (non-hydrogen) atoms. The van der Waals surface area contributed by atoms with Crippen molar-refractivity contribution in [3.8, 4) is 11.4 Å². The second-order valence-electron chi connectivity index (χ2n) is 7.40. The van der Waals surface area contributed by atoms with Crippen LogP contribution in [0, 0.1) is 12.7 Å². The average molecular weight is 393 g/mol. The van der Waals surface area contributed by atoms with E-state index in [9.17, 15) is 9.18 Å². The summed E-state index contributed by atoms with van der Waals surface area (Å²) in [5.74, 6) is 0.801. The van der Waals surface area contributed by atoms with Crippen LogP contribution in [0.1, 0.15) is 36.4 Å². The molecule has 2 heterocycles. The van der Waals surface area contributed by atoms with Crippen molar-refractivity contribution in [2.75, 3.05) is 18.6 Å². The zero-order chi connectivity index (χ0) is 20.4. The number of carbonyl (C=O) groups excluding carboxylic acids is 1. The summed E-state index contributed by atoms with van der Waals surface area (Å²) in [5, 5.41) is 0. The Kier molecular flexibility index (Phi) is 5.34. The minimum absolute atomic E-state index is 0.0999. The van der Waals surface area contributed by atoms with Gasteiger partial charge in [-0.15, -0.1) is 0 Å². The quantitative estimate of drug-likeness (QED) is 0.649.